The molecule has 1 aromatic heterocycles. The van der Waals surface area contributed by atoms with Crippen LogP contribution in [0.25, 0.3) is 0 Å². The number of carbonyl (C=O) groups is 4. The molecular formula is C20H17F3N4O5. The zero-order valence-corrected chi connectivity index (χ0v) is 16.6. The number of methoxy groups -OCH3 is 1. The molecule has 0 radical (unpaired) electrons. The first kappa shape index (κ1) is 22.9. The second-order valence-electron chi connectivity index (χ2n) is 6.65. The molecule has 168 valence electrons. The van der Waals surface area contributed by atoms with Gasteiger partial charge in [-0.2, -0.15) is 13.2 Å². The van der Waals surface area contributed by atoms with Gasteiger partial charge in [-0.05, 0) is 24.3 Å². The summed E-state index contributed by atoms with van der Waals surface area (Å²) in [6.45, 7) is -0.727. The molecule has 4 amide bonds. The average Bonchev–Trinajstić information content (AvgIpc) is 3.02. The second-order valence-corrected chi connectivity index (χ2v) is 6.65. The van der Waals surface area contributed by atoms with Gasteiger partial charge in [-0.15, -0.1) is 0 Å². The highest BCUT2D eigenvalue weighted by atomic mass is 19.4. The molecule has 0 saturated carbocycles. The molecule has 0 fully saturated rings. The van der Waals surface area contributed by atoms with Crippen LogP contribution >= 0.6 is 0 Å². The zero-order chi connectivity index (χ0) is 23.5. The number of anilines is 1. The molecule has 1 aliphatic rings. The molecule has 1 atom stereocenters. The van der Waals surface area contributed by atoms with E-state index < -0.39 is 48.5 Å². The normalized spacial score (nSPS) is 15.2. The highest BCUT2D eigenvalue weighted by Crippen LogP contribution is 2.33. The van der Waals surface area contributed by atoms with E-state index in [-0.39, 0.29) is 16.9 Å². The highest BCUT2D eigenvalue weighted by Gasteiger charge is 2.54. The Bertz CT molecular complexity index is 1030. The van der Waals surface area contributed by atoms with E-state index in [2.05, 4.69) is 10.3 Å². The summed E-state index contributed by atoms with van der Waals surface area (Å²) in [5.74, 6) is -4.96. The van der Waals surface area contributed by atoms with Crippen LogP contribution in [0.2, 0.25) is 0 Å². The molecule has 0 aliphatic carbocycles. The average molecular weight is 450 g/mol. The molecular weight excluding hydrogens is 433 g/mol. The predicted octanol–water partition coefficient (Wildman–Crippen LogP) is 1.73. The number of hydrogen-bond donors (Lipinski definition) is 2. The summed E-state index contributed by atoms with van der Waals surface area (Å²) >= 11 is 0. The third kappa shape index (κ3) is 4.17. The van der Waals surface area contributed by atoms with Crippen molar-refractivity contribution in [2.45, 2.75) is 18.3 Å². The van der Waals surface area contributed by atoms with Crippen LogP contribution in [0.5, 0.6) is 0 Å². The van der Waals surface area contributed by atoms with Gasteiger partial charge in [0.15, 0.2) is 0 Å². The number of imide groups is 1. The van der Waals surface area contributed by atoms with E-state index in [1.54, 1.807) is 17.4 Å². The number of rotatable bonds is 7. The fraction of sp³-hybridized carbons (Fsp3) is 0.250. The van der Waals surface area contributed by atoms with Crippen LogP contribution in [0, 0.1) is 0 Å². The number of carbonyl (C=O) groups excluding carboxylic acids is 4. The monoisotopic (exact) mass is 450 g/mol. The fourth-order valence-electron chi connectivity index (χ4n) is 3.23. The van der Waals surface area contributed by atoms with E-state index in [9.17, 15) is 32.3 Å². The lowest BCUT2D eigenvalue weighted by Crippen LogP contribution is -2.61. The van der Waals surface area contributed by atoms with Gasteiger partial charge in [0, 0.05) is 26.3 Å². The minimum atomic E-state index is -5.15. The number of pyridine rings is 1. The van der Waals surface area contributed by atoms with Crippen LogP contribution in [0.3, 0.4) is 0 Å². The number of halogens is 3. The van der Waals surface area contributed by atoms with E-state index in [0.717, 1.165) is 7.11 Å². The molecule has 1 aromatic carbocycles. The van der Waals surface area contributed by atoms with Crippen LogP contribution in [-0.4, -0.2) is 59.1 Å². The van der Waals surface area contributed by atoms with Crippen molar-refractivity contribution in [2.75, 3.05) is 19.0 Å². The smallest absolute Gasteiger partial charge is 0.350 e. The highest BCUT2D eigenvalue weighted by molar-refractivity contribution is 6.23. The second kappa shape index (κ2) is 8.75. The molecule has 2 heterocycles. The minimum absolute atomic E-state index is 0.00360. The van der Waals surface area contributed by atoms with Crippen molar-refractivity contribution in [3.63, 3.8) is 0 Å². The molecule has 1 aliphatic heterocycles. The molecule has 0 spiro atoms. The number of nitrogens with one attached hydrogen (secondary N) is 2. The topological polar surface area (TPSA) is 118 Å². The number of amides is 4. The maximum absolute atomic E-state index is 13.2. The summed E-state index contributed by atoms with van der Waals surface area (Å²) in [5, 5.41) is 4.01. The number of aromatic nitrogens is 1. The molecule has 0 unspecified atom stereocenters. The lowest BCUT2D eigenvalue weighted by Gasteiger charge is -2.37. The predicted molar refractivity (Wildman–Crippen MR) is 103 cm³/mol. The Morgan fingerprint density at radius 1 is 1.00 bits per heavy atom. The first-order valence-corrected chi connectivity index (χ1v) is 9.22. The molecule has 0 bridgehead atoms. The van der Waals surface area contributed by atoms with Crippen LogP contribution in [0.4, 0.5) is 19.0 Å². The number of fused-ring (bicyclic) bond motifs is 1. The molecule has 2 N–H and O–H groups in total. The number of benzene rings is 1. The number of nitrogens with zero attached hydrogens (tertiary/aromatic N) is 2. The summed E-state index contributed by atoms with van der Waals surface area (Å²) in [4.78, 5) is 54.8. The molecule has 2 aromatic rings. The lowest BCUT2D eigenvalue weighted by atomic mass is 10.1. The largest absolute Gasteiger partial charge is 0.471 e. The molecule has 12 heteroatoms. The quantitative estimate of drug-likeness (QED) is 0.621. The Hall–Kier alpha value is -3.80. The van der Waals surface area contributed by atoms with Gasteiger partial charge in [0.05, 0.1) is 11.1 Å². The van der Waals surface area contributed by atoms with E-state index in [4.69, 9.17) is 4.74 Å². The van der Waals surface area contributed by atoms with Gasteiger partial charge in [-0.1, -0.05) is 18.2 Å². The molecule has 9 nitrogen and oxygen atoms in total. The van der Waals surface area contributed by atoms with Gasteiger partial charge in [0.2, 0.25) is 5.72 Å². The first-order chi connectivity index (χ1) is 15.1. The zero-order valence-electron chi connectivity index (χ0n) is 16.6. The van der Waals surface area contributed by atoms with E-state index in [1.165, 1.54) is 36.5 Å². The third-order valence-corrected chi connectivity index (χ3v) is 4.76. The van der Waals surface area contributed by atoms with E-state index in [0.29, 0.717) is 4.90 Å². The maximum atomic E-state index is 13.2. The van der Waals surface area contributed by atoms with Crippen LogP contribution < -0.4 is 10.6 Å². The first-order valence-electron chi connectivity index (χ1n) is 9.22. The summed E-state index contributed by atoms with van der Waals surface area (Å²) in [6.07, 6.45) is -4.44. The molecule has 32 heavy (non-hydrogen) atoms. The van der Waals surface area contributed by atoms with Gasteiger partial charge in [-0.3, -0.25) is 19.2 Å². The Kier molecular flexibility index (Phi) is 6.25. The van der Waals surface area contributed by atoms with Gasteiger partial charge >= 0.3 is 12.1 Å². The van der Waals surface area contributed by atoms with Crippen molar-refractivity contribution in [1.82, 2.24) is 15.2 Å². The Balaban J connectivity index is 1.96. The van der Waals surface area contributed by atoms with Crippen LogP contribution in [0.15, 0.2) is 48.7 Å². The van der Waals surface area contributed by atoms with E-state index in [1.807, 2.05) is 0 Å². The van der Waals surface area contributed by atoms with Crippen LogP contribution in [0.1, 0.15) is 27.1 Å². The number of hydrogen-bond acceptors (Lipinski definition) is 6. The lowest BCUT2D eigenvalue weighted by molar-refractivity contribution is -0.174. The third-order valence-electron chi connectivity index (χ3n) is 4.76. The van der Waals surface area contributed by atoms with Crippen molar-refractivity contribution in [1.29, 1.82) is 0 Å². The Morgan fingerprint density at radius 2 is 1.59 bits per heavy atom. The minimum Gasteiger partial charge on any atom is -0.350 e. The SMILES string of the molecule is CO[C@@](CCNC(=O)C(F)(F)F)(C(=O)Nc1ccccn1)N1C(=O)c2ccccc2C1=O. The maximum Gasteiger partial charge on any atom is 0.471 e. The van der Waals surface area contributed by atoms with Crippen molar-refractivity contribution in [3.05, 3.63) is 59.8 Å². The van der Waals surface area contributed by atoms with Gasteiger partial charge in [0.25, 0.3) is 17.7 Å². The Morgan fingerprint density at radius 3 is 2.09 bits per heavy atom. The Labute approximate surface area is 179 Å². The standard InChI is InChI=1S/C20H17F3N4O5/c1-32-19(9-11-25-18(31)20(21,22)23,17(30)26-14-8-4-5-10-24-14)27-15(28)12-6-2-3-7-13(12)16(27)29/h2-8,10H,9,11H2,1H3,(H,25,31)(H,24,26,30)/t19-/m0/s1. The molecule has 3 rings (SSSR count). The van der Waals surface area contributed by atoms with Crippen molar-refractivity contribution >= 4 is 29.4 Å². The summed E-state index contributed by atoms with van der Waals surface area (Å²) in [7, 11) is 1.02. The molecule has 0 saturated heterocycles. The summed E-state index contributed by atoms with van der Waals surface area (Å²) in [5.41, 5.74) is -2.36. The number of ether oxygens (including phenoxy) is 1. The van der Waals surface area contributed by atoms with Gasteiger partial charge < -0.3 is 15.4 Å². The summed E-state index contributed by atoms with van der Waals surface area (Å²) in [6, 6.07) is 10.3. The van der Waals surface area contributed by atoms with Gasteiger partial charge in [0.1, 0.15) is 5.82 Å². The fourth-order valence-corrected chi connectivity index (χ4v) is 3.23. The van der Waals surface area contributed by atoms with Crippen LogP contribution in [-0.2, 0) is 14.3 Å². The number of alkyl halides is 3. The van der Waals surface area contributed by atoms with E-state index >= 15 is 0 Å². The van der Waals surface area contributed by atoms with Crippen molar-refractivity contribution < 1.29 is 37.1 Å². The summed E-state index contributed by atoms with van der Waals surface area (Å²) < 4.78 is 43.0. The van der Waals surface area contributed by atoms with Gasteiger partial charge in [-0.25, -0.2) is 9.88 Å². The van der Waals surface area contributed by atoms with Crippen molar-refractivity contribution in [3.8, 4) is 0 Å². The van der Waals surface area contributed by atoms with Crippen molar-refractivity contribution in [2.24, 2.45) is 0 Å².